The van der Waals surface area contributed by atoms with Crippen molar-refractivity contribution in [1.82, 2.24) is 10.2 Å². The Bertz CT molecular complexity index is 899. The molecule has 0 radical (unpaired) electrons. The van der Waals surface area contributed by atoms with Gasteiger partial charge in [0.25, 0.3) is 0 Å². The molecule has 0 fully saturated rings. The summed E-state index contributed by atoms with van der Waals surface area (Å²) in [5.74, 6) is 0.586. The zero-order chi connectivity index (χ0) is 19.1. The van der Waals surface area contributed by atoms with Gasteiger partial charge in [0.2, 0.25) is 11.0 Å². The zero-order valence-corrected chi connectivity index (χ0v) is 16.3. The number of hydrogen-bond acceptors (Lipinski definition) is 6. The van der Waals surface area contributed by atoms with Crippen LogP contribution < -0.4 is 15.4 Å². The van der Waals surface area contributed by atoms with Crippen molar-refractivity contribution < 1.29 is 9.53 Å². The summed E-state index contributed by atoms with van der Waals surface area (Å²) in [6, 6.07) is 15.0. The van der Waals surface area contributed by atoms with Crippen molar-refractivity contribution in [2.24, 2.45) is 0 Å². The van der Waals surface area contributed by atoms with E-state index < -0.39 is 0 Å². The van der Waals surface area contributed by atoms with Crippen LogP contribution in [-0.2, 0) is 11.2 Å². The third kappa shape index (κ3) is 6.23. The Hall–Kier alpha value is -2.64. The predicted molar refractivity (Wildman–Crippen MR) is 109 cm³/mol. The number of amides is 1. The smallest absolute Gasteiger partial charge is 0.221 e. The summed E-state index contributed by atoms with van der Waals surface area (Å²) in [4.78, 5) is 11.1. The molecular weight excluding hydrogens is 384 g/mol. The molecule has 27 heavy (non-hydrogen) atoms. The highest BCUT2D eigenvalue weighted by Gasteiger charge is 2.05. The highest BCUT2D eigenvalue weighted by molar-refractivity contribution is 7.15. The van der Waals surface area contributed by atoms with E-state index in [1.165, 1.54) is 18.3 Å². The van der Waals surface area contributed by atoms with Gasteiger partial charge in [0.1, 0.15) is 17.4 Å². The zero-order valence-electron chi connectivity index (χ0n) is 14.7. The quantitative estimate of drug-likeness (QED) is 0.551. The highest BCUT2D eigenvalue weighted by atomic mass is 35.5. The van der Waals surface area contributed by atoms with E-state index in [9.17, 15) is 4.79 Å². The Labute approximate surface area is 166 Å². The maximum atomic E-state index is 11.1. The molecule has 0 aliphatic rings. The van der Waals surface area contributed by atoms with Gasteiger partial charge in [0.05, 0.1) is 6.54 Å². The van der Waals surface area contributed by atoms with Crippen LogP contribution in [0.5, 0.6) is 5.75 Å². The Balaban J connectivity index is 1.44. The first-order valence-electron chi connectivity index (χ1n) is 8.39. The molecule has 1 heterocycles. The molecule has 0 aliphatic carbocycles. The van der Waals surface area contributed by atoms with Gasteiger partial charge in [-0.25, -0.2) is 0 Å². The standard InChI is InChI=1S/C19H19ClN4O2S/c1-13(25)22-16-3-2-4-17(12-16)26-10-9-21-19-24-23-18(27-19)11-14-5-7-15(20)8-6-14/h2-8,12H,9-11H2,1H3,(H,21,24)(H,22,25). The number of nitrogens with zero attached hydrogens (tertiary/aromatic N) is 2. The van der Waals surface area contributed by atoms with Crippen LogP contribution in [0.3, 0.4) is 0 Å². The van der Waals surface area contributed by atoms with Gasteiger partial charge in [-0.2, -0.15) is 0 Å². The first-order valence-corrected chi connectivity index (χ1v) is 9.59. The second-order valence-electron chi connectivity index (χ2n) is 5.79. The first kappa shape index (κ1) is 19.1. The van der Waals surface area contributed by atoms with Crippen LogP contribution in [0.4, 0.5) is 10.8 Å². The van der Waals surface area contributed by atoms with Crippen LogP contribution in [0.25, 0.3) is 0 Å². The number of rotatable bonds is 8. The molecular formula is C19H19ClN4O2S. The van der Waals surface area contributed by atoms with Gasteiger partial charge in [-0.1, -0.05) is 41.1 Å². The maximum absolute atomic E-state index is 11.1. The number of carbonyl (C=O) groups is 1. The topological polar surface area (TPSA) is 76.1 Å². The molecule has 2 aromatic carbocycles. The molecule has 0 aliphatic heterocycles. The lowest BCUT2D eigenvalue weighted by molar-refractivity contribution is -0.114. The van der Waals surface area contributed by atoms with Gasteiger partial charge in [-0.15, -0.1) is 10.2 Å². The fourth-order valence-corrected chi connectivity index (χ4v) is 3.29. The molecule has 0 atom stereocenters. The van der Waals surface area contributed by atoms with Gasteiger partial charge >= 0.3 is 0 Å². The van der Waals surface area contributed by atoms with E-state index in [1.807, 2.05) is 42.5 Å². The Kier molecular flexibility index (Phi) is 6.62. The monoisotopic (exact) mass is 402 g/mol. The minimum atomic E-state index is -0.112. The van der Waals surface area contributed by atoms with Crippen molar-refractivity contribution >= 4 is 39.7 Å². The minimum absolute atomic E-state index is 0.112. The number of nitrogens with one attached hydrogen (secondary N) is 2. The molecule has 0 unspecified atom stereocenters. The Morgan fingerprint density at radius 1 is 1.19 bits per heavy atom. The summed E-state index contributed by atoms with van der Waals surface area (Å²) in [6.45, 7) is 2.54. The average molecular weight is 403 g/mol. The van der Waals surface area contributed by atoms with Crippen LogP contribution in [-0.4, -0.2) is 29.3 Å². The number of benzene rings is 2. The second kappa shape index (κ2) is 9.34. The molecule has 6 nitrogen and oxygen atoms in total. The summed E-state index contributed by atoms with van der Waals surface area (Å²) in [5, 5.41) is 16.7. The van der Waals surface area contributed by atoms with Crippen LogP contribution in [0.15, 0.2) is 48.5 Å². The fraction of sp³-hybridized carbons (Fsp3) is 0.211. The molecule has 1 amide bonds. The highest BCUT2D eigenvalue weighted by Crippen LogP contribution is 2.20. The molecule has 2 N–H and O–H groups in total. The second-order valence-corrected chi connectivity index (χ2v) is 7.29. The summed E-state index contributed by atoms with van der Waals surface area (Å²) < 4.78 is 5.69. The van der Waals surface area contributed by atoms with Crippen molar-refractivity contribution in [3.8, 4) is 5.75 Å². The van der Waals surface area contributed by atoms with E-state index >= 15 is 0 Å². The van der Waals surface area contributed by atoms with Gasteiger partial charge in [0.15, 0.2) is 0 Å². The van der Waals surface area contributed by atoms with Gasteiger partial charge in [-0.3, -0.25) is 4.79 Å². The van der Waals surface area contributed by atoms with E-state index in [1.54, 1.807) is 6.07 Å². The lowest BCUT2D eigenvalue weighted by Gasteiger charge is -2.08. The van der Waals surface area contributed by atoms with Crippen molar-refractivity contribution in [1.29, 1.82) is 0 Å². The normalized spacial score (nSPS) is 10.4. The van der Waals surface area contributed by atoms with Crippen LogP contribution in [0.2, 0.25) is 5.02 Å². The van der Waals surface area contributed by atoms with Crippen LogP contribution in [0, 0.1) is 0 Å². The molecule has 0 saturated carbocycles. The molecule has 0 saturated heterocycles. The summed E-state index contributed by atoms with van der Waals surface area (Å²) in [7, 11) is 0. The Morgan fingerprint density at radius 3 is 2.78 bits per heavy atom. The van der Waals surface area contributed by atoms with Crippen molar-refractivity contribution in [2.75, 3.05) is 23.8 Å². The number of ether oxygens (including phenoxy) is 1. The number of halogens is 1. The molecule has 140 valence electrons. The van der Waals surface area contributed by atoms with E-state index in [4.69, 9.17) is 16.3 Å². The van der Waals surface area contributed by atoms with Crippen LogP contribution >= 0.6 is 22.9 Å². The van der Waals surface area contributed by atoms with Crippen LogP contribution in [0.1, 0.15) is 17.5 Å². The summed E-state index contributed by atoms with van der Waals surface area (Å²) >= 11 is 7.42. The van der Waals surface area contributed by atoms with E-state index in [0.717, 1.165) is 27.1 Å². The number of carbonyl (C=O) groups excluding carboxylic acids is 1. The van der Waals surface area contributed by atoms with E-state index in [-0.39, 0.29) is 5.91 Å². The first-order chi connectivity index (χ1) is 13.1. The molecule has 1 aromatic heterocycles. The number of aromatic nitrogens is 2. The van der Waals surface area contributed by atoms with Gasteiger partial charge in [-0.05, 0) is 29.8 Å². The fourth-order valence-electron chi connectivity index (χ4n) is 2.37. The molecule has 8 heteroatoms. The molecule has 0 bridgehead atoms. The van der Waals surface area contributed by atoms with Crippen molar-refractivity contribution in [2.45, 2.75) is 13.3 Å². The maximum Gasteiger partial charge on any atom is 0.221 e. The molecule has 3 rings (SSSR count). The predicted octanol–water partition coefficient (Wildman–Crippen LogP) is 4.23. The van der Waals surface area contributed by atoms with Crippen molar-refractivity contribution in [3.63, 3.8) is 0 Å². The summed E-state index contributed by atoms with van der Waals surface area (Å²) in [5.41, 5.74) is 1.86. The largest absolute Gasteiger partial charge is 0.492 e. The third-order valence-electron chi connectivity index (χ3n) is 3.54. The van der Waals surface area contributed by atoms with E-state index in [0.29, 0.717) is 24.6 Å². The van der Waals surface area contributed by atoms with Crippen molar-refractivity contribution in [3.05, 3.63) is 64.1 Å². The SMILES string of the molecule is CC(=O)Nc1cccc(OCCNc2nnc(Cc3ccc(Cl)cc3)s2)c1. The van der Waals surface area contributed by atoms with E-state index in [2.05, 4.69) is 20.8 Å². The third-order valence-corrected chi connectivity index (χ3v) is 4.67. The summed E-state index contributed by atoms with van der Waals surface area (Å²) in [6.07, 6.45) is 0.725. The lowest BCUT2D eigenvalue weighted by atomic mass is 10.2. The average Bonchev–Trinajstić information content (AvgIpc) is 3.08. The molecule has 3 aromatic rings. The number of anilines is 2. The lowest BCUT2D eigenvalue weighted by Crippen LogP contribution is -2.11. The Morgan fingerprint density at radius 2 is 2.00 bits per heavy atom. The molecule has 0 spiro atoms. The minimum Gasteiger partial charge on any atom is -0.492 e. The number of hydrogen-bond donors (Lipinski definition) is 2. The van der Waals surface area contributed by atoms with Gasteiger partial charge in [0, 0.05) is 30.1 Å². The van der Waals surface area contributed by atoms with Gasteiger partial charge < -0.3 is 15.4 Å².